The number of rotatable bonds is 3. The summed E-state index contributed by atoms with van der Waals surface area (Å²) in [6.07, 6.45) is -3.84. The molecule has 1 amide bonds. The van der Waals surface area contributed by atoms with Gasteiger partial charge in [0.15, 0.2) is 0 Å². The third-order valence-electron chi connectivity index (χ3n) is 3.75. The molecule has 0 aromatic rings. The number of piperidine rings is 1. The van der Waals surface area contributed by atoms with Gasteiger partial charge in [0, 0.05) is 13.0 Å². The number of amides is 1. The molecule has 0 unspecified atom stereocenters. The fourth-order valence-corrected chi connectivity index (χ4v) is 2.75. The number of carboxylic acid groups (broad SMARTS) is 2. The van der Waals surface area contributed by atoms with Crippen LogP contribution < -0.4 is 5.32 Å². The molecule has 2 saturated heterocycles. The molecular formula is C13H19F3N2O5. The van der Waals surface area contributed by atoms with Gasteiger partial charge in [-0.25, -0.2) is 0 Å². The van der Waals surface area contributed by atoms with Crippen LogP contribution in [0, 0.1) is 5.41 Å². The summed E-state index contributed by atoms with van der Waals surface area (Å²) in [5.74, 6) is -2.77. The number of aliphatic carboxylic acids is 2. The van der Waals surface area contributed by atoms with Crippen LogP contribution in [0.2, 0.25) is 0 Å². The molecule has 0 atom stereocenters. The van der Waals surface area contributed by atoms with Crippen LogP contribution in [0.5, 0.6) is 0 Å². The lowest BCUT2D eigenvalue weighted by Crippen LogP contribution is -2.39. The van der Waals surface area contributed by atoms with E-state index in [1.165, 1.54) is 4.90 Å². The first-order chi connectivity index (χ1) is 10.5. The number of carbonyl (C=O) groups excluding carboxylic acids is 1. The number of hydrogen-bond acceptors (Lipinski definition) is 4. The monoisotopic (exact) mass is 340 g/mol. The maximum absolute atomic E-state index is 11.6. The van der Waals surface area contributed by atoms with Crippen LogP contribution >= 0.6 is 0 Å². The molecule has 2 aliphatic heterocycles. The van der Waals surface area contributed by atoms with Crippen LogP contribution in [0.4, 0.5) is 13.2 Å². The van der Waals surface area contributed by atoms with Crippen molar-refractivity contribution >= 4 is 17.8 Å². The Morgan fingerprint density at radius 3 is 2.13 bits per heavy atom. The highest BCUT2D eigenvalue weighted by atomic mass is 19.4. The number of hydrogen-bond donors (Lipinski definition) is 3. The minimum atomic E-state index is -4.58. The predicted molar refractivity (Wildman–Crippen MR) is 71.7 cm³/mol. The van der Waals surface area contributed by atoms with E-state index in [9.17, 15) is 27.6 Å². The molecule has 0 radical (unpaired) electrons. The molecule has 10 heteroatoms. The predicted octanol–water partition coefficient (Wildman–Crippen LogP) is 0.697. The van der Waals surface area contributed by atoms with Crippen molar-refractivity contribution in [3.05, 3.63) is 0 Å². The summed E-state index contributed by atoms with van der Waals surface area (Å²) in [5, 5.41) is 19.5. The van der Waals surface area contributed by atoms with E-state index in [0.29, 0.717) is 13.0 Å². The standard InChI is InChI=1S/C10H16N2O3.C3H3F3O2/c13-8-5-10(1-3-11-4-2-10)7-12(8)6-9(14)15;4-3(5,6)1-2(7)8/h11H,1-7H2,(H,14,15);1H2,(H,7,8). The first-order valence-corrected chi connectivity index (χ1v) is 7.02. The van der Waals surface area contributed by atoms with E-state index in [2.05, 4.69) is 5.32 Å². The number of nitrogens with zero attached hydrogens (tertiary/aromatic N) is 1. The molecule has 7 nitrogen and oxygen atoms in total. The van der Waals surface area contributed by atoms with Gasteiger partial charge in [-0.15, -0.1) is 0 Å². The van der Waals surface area contributed by atoms with E-state index in [4.69, 9.17) is 10.2 Å². The van der Waals surface area contributed by atoms with Crippen LogP contribution in [-0.4, -0.2) is 65.3 Å². The van der Waals surface area contributed by atoms with Gasteiger partial charge in [-0.05, 0) is 31.3 Å². The average molecular weight is 340 g/mol. The summed E-state index contributed by atoms with van der Waals surface area (Å²) in [4.78, 5) is 33.0. The Morgan fingerprint density at radius 2 is 1.74 bits per heavy atom. The van der Waals surface area contributed by atoms with Crippen molar-refractivity contribution in [3.63, 3.8) is 0 Å². The van der Waals surface area contributed by atoms with Gasteiger partial charge in [-0.2, -0.15) is 13.2 Å². The number of likely N-dealkylation sites (tertiary alicyclic amines) is 1. The van der Waals surface area contributed by atoms with Crippen LogP contribution in [0.1, 0.15) is 25.7 Å². The van der Waals surface area contributed by atoms with E-state index in [1.54, 1.807) is 0 Å². The number of alkyl halides is 3. The SMILES string of the molecule is O=C(O)CC(F)(F)F.O=C(O)CN1CC2(CCNCC2)CC1=O. The second-order valence-electron chi connectivity index (χ2n) is 5.76. The Labute approximate surface area is 130 Å². The minimum absolute atomic E-state index is 0.000648. The Morgan fingerprint density at radius 1 is 1.17 bits per heavy atom. The molecule has 132 valence electrons. The highest BCUT2D eigenvalue weighted by Gasteiger charge is 2.43. The summed E-state index contributed by atoms with van der Waals surface area (Å²) >= 11 is 0. The van der Waals surface area contributed by atoms with Gasteiger partial charge in [-0.1, -0.05) is 0 Å². The van der Waals surface area contributed by atoms with Crippen molar-refractivity contribution in [2.24, 2.45) is 5.41 Å². The fraction of sp³-hybridized carbons (Fsp3) is 0.769. The Balaban J connectivity index is 0.000000284. The number of carboxylic acids is 2. The molecule has 0 aliphatic carbocycles. The van der Waals surface area contributed by atoms with E-state index >= 15 is 0 Å². The molecule has 2 rings (SSSR count). The highest BCUT2D eigenvalue weighted by Crippen LogP contribution is 2.38. The normalized spacial score (nSPS) is 20.1. The minimum Gasteiger partial charge on any atom is -0.481 e. The Hall–Kier alpha value is -1.84. The molecule has 2 aliphatic rings. The summed E-state index contributed by atoms with van der Waals surface area (Å²) in [7, 11) is 0. The zero-order valence-electron chi connectivity index (χ0n) is 12.4. The van der Waals surface area contributed by atoms with Crippen LogP contribution in [0.3, 0.4) is 0 Å². The average Bonchev–Trinajstić information content (AvgIpc) is 2.63. The van der Waals surface area contributed by atoms with Gasteiger partial charge in [0.25, 0.3) is 0 Å². The molecule has 0 aromatic heterocycles. The molecule has 0 aromatic carbocycles. The van der Waals surface area contributed by atoms with Crippen LogP contribution in [0.25, 0.3) is 0 Å². The van der Waals surface area contributed by atoms with Gasteiger partial charge in [-0.3, -0.25) is 14.4 Å². The lowest BCUT2D eigenvalue weighted by Gasteiger charge is -2.32. The molecule has 0 saturated carbocycles. The lowest BCUT2D eigenvalue weighted by atomic mass is 9.78. The Bertz CT molecular complexity index is 461. The number of halogens is 3. The number of carbonyl (C=O) groups is 3. The summed E-state index contributed by atoms with van der Waals surface area (Å²) in [5.41, 5.74) is 0.0534. The third-order valence-corrected chi connectivity index (χ3v) is 3.75. The summed E-state index contributed by atoms with van der Waals surface area (Å²) in [6.45, 7) is 2.36. The van der Waals surface area contributed by atoms with Crippen molar-refractivity contribution in [1.82, 2.24) is 10.2 Å². The molecule has 1 spiro atoms. The third kappa shape index (κ3) is 6.85. The van der Waals surface area contributed by atoms with Gasteiger partial charge >= 0.3 is 18.1 Å². The molecule has 23 heavy (non-hydrogen) atoms. The zero-order valence-corrected chi connectivity index (χ0v) is 12.4. The second-order valence-corrected chi connectivity index (χ2v) is 5.76. The largest absolute Gasteiger partial charge is 0.481 e. The van der Waals surface area contributed by atoms with Crippen molar-refractivity contribution in [2.75, 3.05) is 26.2 Å². The van der Waals surface area contributed by atoms with Gasteiger partial charge in [0.05, 0.1) is 0 Å². The first-order valence-electron chi connectivity index (χ1n) is 7.02. The number of nitrogens with one attached hydrogen (secondary N) is 1. The molecule has 3 N–H and O–H groups in total. The van der Waals surface area contributed by atoms with E-state index in [0.717, 1.165) is 25.9 Å². The Kier molecular flexibility index (Phi) is 6.37. The topological polar surface area (TPSA) is 107 Å². The maximum atomic E-state index is 11.6. The van der Waals surface area contributed by atoms with Crippen LogP contribution in [-0.2, 0) is 14.4 Å². The second kappa shape index (κ2) is 7.62. The van der Waals surface area contributed by atoms with E-state index in [-0.39, 0.29) is 17.9 Å². The smallest absolute Gasteiger partial charge is 0.399 e. The molecule has 2 fully saturated rings. The van der Waals surface area contributed by atoms with Gasteiger partial charge in [0.1, 0.15) is 13.0 Å². The van der Waals surface area contributed by atoms with Gasteiger partial charge in [0.2, 0.25) is 5.91 Å². The van der Waals surface area contributed by atoms with Gasteiger partial charge < -0.3 is 20.4 Å². The zero-order chi connectivity index (χ0) is 17.7. The molecule has 0 bridgehead atoms. The quantitative estimate of drug-likeness (QED) is 0.698. The van der Waals surface area contributed by atoms with Crippen LogP contribution in [0.15, 0.2) is 0 Å². The summed E-state index contributed by atoms with van der Waals surface area (Å²) in [6, 6.07) is 0. The van der Waals surface area contributed by atoms with Crippen molar-refractivity contribution < 1.29 is 37.8 Å². The van der Waals surface area contributed by atoms with Crippen molar-refractivity contribution in [2.45, 2.75) is 31.9 Å². The maximum Gasteiger partial charge on any atom is 0.399 e. The first kappa shape index (κ1) is 19.2. The van der Waals surface area contributed by atoms with E-state index in [1.807, 2.05) is 0 Å². The van der Waals surface area contributed by atoms with Crippen molar-refractivity contribution in [3.8, 4) is 0 Å². The lowest BCUT2D eigenvalue weighted by molar-refractivity contribution is -0.166. The molecule has 2 heterocycles. The highest BCUT2D eigenvalue weighted by molar-refractivity contribution is 5.83. The fourth-order valence-electron chi connectivity index (χ4n) is 2.75. The summed E-state index contributed by atoms with van der Waals surface area (Å²) < 4.78 is 32.8. The van der Waals surface area contributed by atoms with E-state index < -0.39 is 24.5 Å². The van der Waals surface area contributed by atoms with Crippen molar-refractivity contribution in [1.29, 1.82) is 0 Å². The molecular weight excluding hydrogens is 321 g/mol.